The summed E-state index contributed by atoms with van der Waals surface area (Å²) >= 11 is 0. The van der Waals surface area contributed by atoms with Crippen molar-refractivity contribution in [1.82, 2.24) is 4.98 Å². The van der Waals surface area contributed by atoms with E-state index >= 15 is 0 Å². The highest BCUT2D eigenvalue weighted by molar-refractivity contribution is 5.97. The van der Waals surface area contributed by atoms with Crippen molar-refractivity contribution in [3.63, 3.8) is 0 Å². The van der Waals surface area contributed by atoms with Gasteiger partial charge < -0.3 is 4.98 Å². The Hall–Kier alpha value is -1.05. The summed E-state index contributed by atoms with van der Waals surface area (Å²) in [6, 6.07) is 1.87. The van der Waals surface area contributed by atoms with Crippen molar-refractivity contribution in [1.29, 1.82) is 0 Å². The monoisotopic (exact) mass is 177 g/mol. The summed E-state index contributed by atoms with van der Waals surface area (Å²) in [5, 5.41) is 0. The minimum atomic E-state index is 0.296. The lowest BCUT2D eigenvalue weighted by Gasteiger charge is -2.19. The van der Waals surface area contributed by atoms with Crippen molar-refractivity contribution in [2.24, 2.45) is 5.92 Å². The summed E-state index contributed by atoms with van der Waals surface area (Å²) in [5.74, 6) is 0.630. The summed E-state index contributed by atoms with van der Waals surface area (Å²) in [6.45, 7) is 0. The van der Waals surface area contributed by atoms with Crippen LogP contribution in [0.15, 0.2) is 18.5 Å². The van der Waals surface area contributed by atoms with Crippen molar-refractivity contribution in [3.8, 4) is 0 Å². The molecule has 1 fully saturated rings. The van der Waals surface area contributed by atoms with E-state index in [1.54, 1.807) is 6.20 Å². The fourth-order valence-corrected chi connectivity index (χ4v) is 2.08. The van der Waals surface area contributed by atoms with Gasteiger partial charge in [-0.1, -0.05) is 19.3 Å². The van der Waals surface area contributed by atoms with Gasteiger partial charge in [0.05, 0.1) is 0 Å². The molecule has 1 aromatic heterocycles. The molecule has 0 bridgehead atoms. The molecule has 2 nitrogen and oxygen atoms in total. The van der Waals surface area contributed by atoms with Gasteiger partial charge >= 0.3 is 0 Å². The Kier molecular flexibility index (Phi) is 2.48. The average molecular weight is 177 g/mol. The summed E-state index contributed by atoms with van der Waals surface area (Å²) in [5.41, 5.74) is 0.854. The summed E-state index contributed by atoms with van der Waals surface area (Å²) in [7, 11) is 0. The van der Waals surface area contributed by atoms with Crippen molar-refractivity contribution < 1.29 is 4.79 Å². The van der Waals surface area contributed by atoms with E-state index in [0.717, 1.165) is 18.4 Å². The highest BCUT2D eigenvalue weighted by Gasteiger charge is 2.22. The Morgan fingerprint density at radius 3 is 2.69 bits per heavy atom. The molecule has 1 aliphatic rings. The van der Waals surface area contributed by atoms with E-state index in [0.29, 0.717) is 11.7 Å². The number of nitrogens with one attached hydrogen (secondary N) is 1. The van der Waals surface area contributed by atoms with Gasteiger partial charge in [-0.25, -0.2) is 0 Å². The van der Waals surface area contributed by atoms with E-state index in [4.69, 9.17) is 0 Å². The molecule has 1 saturated carbocycles. The van der Waals surface area contributed by atoms with Crippen LogP contribution in [0.3, 0.4) is 0 Å². The maximum atomic E-state index is 11.8. The first-order valence-corrected chi connectivity index (χ1v) is 5.05. The highest BCUT2D eigenvalue weighted by Crippen LogP contribution is 2.26. The number of hydrogen-bond acceptors (Lipinski definition) is 1. The van der Waals surface area contributed by atoms with Gasteiger partial charge in [-0.3, -0.25) is 4.79 Å². The molecule has 0 unspecified atom stereocenters. The number of aromatic amines is 1. The van der Waals surface area contributed by atoms with Crippen LogP contribution in [0.25, 0.3) is 0 Å². The number of aromatic nitrogens is 1. The van der Waals surface area contributed by atoms with Gasteiger partial charge in [-0.2, -0.15) is 0 Å². The predicted molar refractivity (Wildman–Crippen MR) is 51.7 cm³/mol. The molecule has 1 heterocycles. The maximum absolute atomic E-state index is 11.8. The quantitative estimate of drug-likeness (QED) is 0.692. The Labute approximate surface area is 78.4 Å². The third-order valence-electron chi connectivity index (χ3n) is 2.86. The van der Waals surface area contributed by atoms with Crippen LogP contribution in [-0.2, 0) is 0 Å². The minimum absolute atomic E-state index is 0.296. The van der Waals surface area contributed by atoms with Crippen molar-refractivity contribution in [2.75, 3.05) is 0 Å². The van der Waals surface area contributed by atoms with Crippen molar-refractivity contribution in [3.05, 3.63) is 24.0 Å². The number of H-pyrrole nitrogens is 1. The van der Waals surface area contributed by atoms with E-state index in [1.165, 1.54) is 19.3 Å². The standard InChI is InChI=1S/C11H15NO/c13-11(10-6-7-12-8-10)9-4-2-1-3-5-9/h6-9,12H,1-5H2. The fourth-order valence-electron chi connectivity index (χ4n) is 2.08. The maximum Gasteiger partial charge on any atom is 0.167 e. The van der Waals surface area contributed by atoms with Gasteiger partial charge in [0, 0.05) is 23.9 Å². The number of rotatable bonds is 2. The second kappa shape index (κ2) is 3.77. The van der Waals surface area contributed by atoms with Crippen LogP contribution in [0, 0.1) is 5.92 Å². The number of carbonyl (C=O) groups excluding carboxylic acids is 1. The molecule has 13 heavy (non-hydrogen) atoms. The Balaban J connectivity index is 2.04. The first-order valence-electron chi connectivity index (χ1n) is 5.05. The lowest BCUT2D eigenvalue weighted by atomic mass is 9.84. The Morgan fingerprint density at radius 1 is 1.31 bits per heavy atom. The van der Waals surface area contributed by atoms with E-state index in [9.17, 15) is 4.79 Å². The van der Waals surface area contributed by atoms with Gasteiger partial charge in [-0.05, 0) is 18.9 Å². The van der Waals surface area contributed by atoms with E-state index in [1.807, 2.05) is 12.3 Å². The number of Topliss-reactive ketones (excluding diaryl/α,β-unsaturated/α-hetero) is 1. The van der Waals surface area contributed by atoms with Crippen LogP contribution in [-0.4, -0.2) is 10.8 Å². The zero-order valence-corrected chi connectivity index (χ0v) is 7.75. The number of ketones is 1. The fraction of sp³-hybridized carbons (Fsp3) is 0.545. The van der Waals surface area contributed by atoms with Crippen molar-refractivity contribution >= 4 is 5.78 Å². The summed E-state index contributed by atoms with van der Waals surface area (Å²) < 4.78 is 0. The van der Waals surface area contributed by atoms with Gasteiger partial charge in [0.15, 0.2) is 5.78 Å². The van der Waals surface area contributed by atoms with Crippen LogP contribution >= 0.6 is 0 Å². The molecule has 0 radical (unpaired) electrons. The topological polar surface area (TPSA) is 32.9 Å². The molecule has 0 atom stereocenters. The molecule has 0 aromatic carbocycles. The molecule has 0 spiro atoms. The van der Waals surface area contributed by atoms with Crippen LogP contribution in [0.1, 0.15) is 42.5 Å². The third-order valence-corrected chi connectivity index (χ3v) is 2.86. The normalized spacial score (nSPS) is 18.8. The molecule has 0 saturated heterocycles. The molecule has 0 aliphatic heterocycles. The smallest absolute Gasteiger partial charge is 0.167 e. The first kappa shape index (κ1) is 8.54. The summed E-state index contributed by atoms with van der Waals surface area (Å²) in [6.07, 6.45) is 9.54. The van der Waals surface area contributed by atoms with Crippen LogP contribution in [0.5, 0.6) is 0 Å². The van der Waals surface area contributed by atoms with E-state index in [2.05, 4.69) is 4.98 Å². The van der Waals surface area contributed by atoms with Crippen LogP contribution in [0.2, 0.25) is 0 Å². The largest absolute Gasteiger partial charge is 0.367 e. The second-order valence-corrected chi connectivity index (χ2v) is 3.80. The molecular formula is C11H15NO. The van der Waals surface area contributed by atoms with Gasteiger partial charge in [0.1, 0.15) is 0 Å². The molecule has 1 aliphatic carbocycles. The van der Waals surface area contributed by atoms with Gasteiger partial charge in [0.2, 0.25) is 0 Å². The highest BCUT2D eigenvalue weighted by atomic mass is 16.1. The molecular weight excluding hydrogens is 162 g/mol. The minimum Gasteiger partial charge on any atom is -0.367 e. The SMILES string of the molecule is O=C(c1cc[nH]c1)C1CCCCC1. The third kappa shape index (κ3) is 1.82. The van der Waals surface area contributed by atoms with Gasteiger partial charge in [0.25, 0.3) is 0 Å². The number of hydrogen-bond donors (Lipinski definition) is 1. The summed E-state index contributed by atoms with van der Waals surface area (Å²) in [4.78, 5) is 14.8. The first-order chi connectivity index (χ1) is 6.38. The molecule has 1 N–H and O–H groups in total. The molecule has 2 heteroatoms. The lowest BCUT2D eigenvalue weighted by Crippen LogP contribution is -2.17. The van der Waals surface area contributed by atoms with Crippen LogP contribution < -0.4 is 0 Å². The van der Waals surface area contributed by atoms with Gasteiger partial charge in [-0.15, -0.1) is 0 Å². The van der Waals surface area contributed by atoms with E-state index in [-0.39, 0.29) is 0 Å². The second-order valence-electron chi connectivity index (χ2n) is 3.80. The van der Waals surface area contributed by atoms with Crippen molar-refractivity contribution in [2.45, 2.75) is 32.1 Å². The molecule has 2 rings (SSSR count). The Morgan fingerprint density at radius 2 is 2.08 bits per heavy atom. The average Bonchev–Trinajstić information content (AvgIpc) is 2.71. The zero-order chi connectivity index (χ0) is 9.10. The molecule has 70 valence electrons. The predicted octanol–water partition coefficient (Wildman–Crippen LogP) is 2.78. The Bertz CT molecular complexity index is 270. The van der Waals surface area contributed by atoms with Crippen LogP contribution in [0.4, 0.5) is 0 Å². The zero-order valence-electron chi connectivity index (χ0n) is 7.75. The lowest BCUT2D eigenvalue weighted by molar-refractivity contribution is 0.0890. The molecule has 1 aromatic rings. The molecule has 0 amide bonds. The van der Waals surface area contributed by atoms with E-state index < -0.39 is 0 Å². The number of carbonyl (C=O) groups is 1.